The molecule has 0 saturated carbocycles. The van der Waals surface area contributed by atoms with Crippen molar-refractivity contribution in [2.24, 2.45) is 0 Å². The van der Waals surface area contributed by atoms with Crippen molar-refractivity contribution >= 4 is 59.1 Å². The van der Waals surface area contributed by atoms with E-state index in [4.69, 9.17) is 14.2 Å². The van der Waals surface area contributed by atoms with E-state index in [1.165, 1.54) is 25.0 Å². The highest BCUT2D eigenvalue weighted by atomic mass is 32.2. The van der Waals surface area contributed by atoms with Crippen LogP contribution in [0.3, 0.4) is 0 Å². The highest BCUT2D eigenvalue weighted by Gasteiger charge is 2.43. The van der Waals surface area contributed by atoms with Crippen LogP contribution in [0.15, 0.2) is 12.7 Å². The van der Waals surface area contributed by atoms with E-state index in [0.29, 0.717) is 23.3 Å². The van der Waals surface area contributed by atoms with Crippen molar-refractivity contribution < 1.29 is 38.0 Å². The van der Waals surface area contributed by atoms with E-state index < -0.39 is 36.6 Å². The molecule has 0 bridgehead atoms. The van der Waals surface area contributed by atoms with Crippen LogP contribution in [0.5, 0.6) is 0 Å². The lowest BCUT2D eigenvalue weighted by Gasteiger charge is -2.35. The van der Waals surface area contributed by atoms with Gasteiger partial charge in [-0.2, -0.15) is 0 Å². The van der Waals surface area contributed by atoms with Crippen LogP contribution in [0, 0.1) is 0 Å². The summed E-state index contributed by atoms with van der Waals surface area (Å²) in [7, 11) is -3.84. The van der Waals surface area contributed by atoms with Gasteiger partial charge in [0.15, 0.2) is 22.1 Å². The summed E-state index contributed by atoms with van der Waals surface area (Å²) in [5.41, 5.74) is -1.92. The standard InChI is InChI=1S/C35H60N7O8PS/c1-9-11-13-15-19-48-32(45)34(5,6)40-51(47,41-35(7,8)33(46)49-20-16-14-12-10-2)25-50-26(3)22-42-24-38-29-30(36-23-37-31(29)42)39-28(44)18-17-21-52-27(4)43/h23-24,26H,9-22,25H2,1-8H3,(H2,40,41,47)(H,36,37,39,44)/t26-/m1/s1. The molecule has 0 spiro atoms. The van der Waals surface area contributed by atoms with E-state index in [-0.39, 0.29) is 49.4 Å². The van der Waals surface area contributed by atoms with E-state index in [1.807, 2.05) is 0 Å². The number of esters is 2. The molecule has 0 aliphatic carbocycles. The number of nitrogens with zero attached hydrogens (tertiary/aromatic N) is 4. The van der Waals surface area contributed by atoms with Gasteiger partial charge in [-0.15, -0.1) is 0 Å². The lowest BCUT2D eigenvalue weighted by atomic mass is 10.1. The molecule has 17 heteroatoms. The summed E-state index contributed by atoms with van der Waals surface area (Å²) in [5, 5.41) is 8.67. The minimum Gasteiger partial charge on any atom is -0.464 e. The molecule has 0 aliphatic rings. The largest absolute Gasteiger partial charge is 0.464 e. The summed E-state index contributed by atoms with van der Waals surface area (Å²) < 4.78 is 33.5. The Morgan fingerprint density at radius 1 is 0.865 bits per heavy atom. The van der Waals surface area contributed by atoms with Crippen LogP contribution in [0.2, 0.25) is 0 Å². The Kier molecular flexibility index (Phi) is 19.4. The number of nitrogens with one attached hydrogen (secondary N) is 3. The van der Waals surface area contributed by atoms with Gasteiger partial charge in [0, 0.05) is 19.1 Å². The van der Waals surface area contributed by atoms with Gasteiger partial charge in [-0.1, -0.05) is 64.1 Å². The number of thioether (sulfide) groups is 1. The Morgan fingerprint density at radius 2 is 1.44 bits per heavy atom. The maximum absolute atomic E-state index is 14.6. The van der Waals surface area contributed by atoms with Gasteiger partial charge in [-0.05, 0) is 53.9 Å². The quantitative estimate of drug-likeness (QED) is 0.0543. The number of carbonyl (C=O) groups excluding carboxylic acids is 4. The Hall–Kier alpha value is -2.91. The number of ether oxygens (including phenoxy) is 3. The summed E-state index contributed by atoms with van der Waals surface area (Å²) in [6.07, 6.45) is 10.3. The van der Waals surface area contributed by atoms with Crippen molar-refractivity contribution in [3.05, 3.63) is 12.7 Å². The van der Waals surface area contributed by atoms with Crippen LogP contribution in [-0.4, -0.2) is 85.0 Å². The Bertz CT molecular complexity index is 1460. The molecule has 2 heterocycles. The zero-order chi connectivity index (χ0) is 38.8. The van der Waals surface area contributed by atoms with Crippen LogP contribution in [0.1, 0.15) is 120 Å². The zero-order valence-corrected chi connectivity index (χ0v) is 34.0. The lowest BCUT2D eigenvalue weighted by Crippen LogP contribution is -2.54. The second-order valence-corrected chi connectivity index (χ2v) is 17.5. The molecule has 52 heavy (non-hydrogen) atoms. The predicted molar refractivity (Wildman–Crippen MR) is 204 cm³/mol. The summed E-state index contributed by atoms with van der Waals surface area (Å²) in [5.74, 6) is -0.583. The average Bonchev–Trinajstić information content (AvgIpc) is 3.48. The summed E-state index contributed by atoms with van der Waals surface area (Å²) in [6.45, 7) is 14.5. The van der Waals surface area contributed by atoms with E-state index in [9.17, 15) is 23.7 Å². The van der Waals surface area contributed by atoms with Crippen molar-refractivity contribution in [3.63, 3.8) is 0 Å². The first kappa shape index (κ1) is 45.2. The summed E-state index contributed by atoms with van der Waals surface area (Å²) in [6, 6.07) is 0. The van der Waals surface area contributed by atoms with Gasteiger partial charge >= 0.3 is 11.9 Å². The SMILES string of the molecule is CCCCCCOC(=O)C(C)(C)NP(=O)(CO[C@H](C)Cn1cnc2c(NC(=O)CCCSC(C)=O)ncnc21)NC(C)(C)C(=O)OCCCCCC. The molecular formula is C35H60N7O8PS. The molecule has 0 radical (unpaired) electrons. The number of amides is 1. The minimum absolute atomic E-state index is 0.00563. The topological polar surface area (TPSA) is 193 Å². The van der Waals surface area contributed by atoms with E-state index in [2.05, 4.69) is 44.3 Å². The van der Waals surface area contributed by atoms with Crippen molar-refractivity contribution in [1.29, 1.82) is 0 Å². The van der Waals surface area contributed by atoms with Gasteiger partial charge in [0.25, 0.3) is 0 Å². The van der Waals surface area contributed by atoms with Crippen LogP contribution >= 0.6 is 19.2 Å². The molecule has 294 valence electrons. The van der Waals surface area contributed by atoms with Gasteiger partial charge in [0.05, 0.1) is 32.2 Å². The number of unbranched alkanes of at least 4 members (excludes halogenated alkanes) is 6. The number of imidazole rings is 1. The van der Waals surface area contributed by atoms with Gasteiger partial charge in [0.2, 0.25) is 13.4 Å². The number of rotatable bonds is 26. The zero-order valence-electron chi connectivity index (χ0n) is 32.2. The maximum atomic E-state index is 14.6. The number of hydrogen-bond donors (Lipinski definition) is 3. The molecule has 0 aromatic carbocycles. The van der Waals surface area contributed by atoms with Gasteiger partial charge < -0.3 is 24.1 Å². The molecule has 0 fully saturated rings. The number of aromatic nitrogens is 4. The minimum atomic E-state index is -3.84. The first-order valence-corrected chi connectivity index (χ1v) is 21.1. The fourth-order valence-corrected chi connectivity index (χ4v) is 8.36. The lowest BCUT2D eigenvalue weighted by molar-refractivity contribution is -0.149. The fraction of sp³-hybridized carbons (Fsp3) is 0.743. The predicted octanol–water partition coefficient (Wildman–Crippen LogP) is 6.36. The highest BCUT2D eigenvalue weighted by molar-refractivity contribution is 8.13. The van der Waals surface area contributed by atoms with Gasteiger partial charge in [-0.3, -0.25) is 23.7 Å². The Balaban J connectivity index is 2.16. The second kappa shape index (κ2) is 22.3. The number of carbonyl (C=O) groups is 4. The Labute approximate surface area is 312 Å². The van der Waals surface area contributed by atoms with Crippen LogP contribution in [-0.2, 0) is 44.5 Å². The van der Waals surface area contributed by atoms with Crippen LogP contribution in [0.4, 0.5) is 5.82 Å². The molecule has 1 amide bonds. The smallest absolute Gasteiger partial charge is 0.326 e. The molecule has 0 aliphatic heterocycles. The number of anilines is 1. The fourth-order valence-electron chi connectivity index (χ4n) is 5.15. The molecule has 2 aromatic rings. The van der Waals surface area contributed by atoms with E-state index in [0.717, 1.165) is 51.4 Å². The molecule has 0 unspecified atom stereocenters. The molecule has 3 N–H and O–H groups in total. The summed E-state index contributed by atoms with van der Waals surface area (Å²) in [4.78, 5) is 62.8. The number of fused-ring (bicyclic) bond motifs is 1. The Morgan fingerprint density at radius 3 is 1.98 bits per heavy atom. The van der Waals surface area contributed by atoms with Crippen molar-refractivity contribution in [1.82, 2.24) is 29.7 Å². The first-order valence-electron chi connectivity index (χ1n) is 18.3. The van der Waals surface area contributed by atoms with Crippen LogP contribution in [0.25, 0.3) is 11.2 Å². The maximum Gasteiger partial charge on any atom is 0.326 e. The van der Waals surface area contributed by atoms with Gasteiger partial charge in [0.1, 0.15) is 23.8 Å². The average molecular weight is 770 g/mol. The highest BCUT2D eigenvalue weighted by Crippen LogP contribution is 2.42. The van der Waals surface area contributed by atoms with Crippen molar-refractivity contribution in [3.8, 4) is 0 Å². The van der Waals surface area contributed by atoms with Crippen molar-refractivity contribution in [2.75, 3.05) is 30.6 Å². The number of hydrogen-bond acceptors (Lipinski definition) is 12. The molecule has 2 rings (SSSR count). The third kappa shape index (κ3) is 16.0. The first-order chi connectivity index (χ1) is 24.5. The monoisotopic (exact) mass is 769 g/mol. The molecule has 1 atom stereocenters. The molecule has 15 nitrogen and oxygen atoms in total. The third-order valence-electron chi connectivity index (χ3n) is 7.91. The molecular weight excluding hydrogens is 709 g/mol. The normalized spacial score (nSPS) is 12.8. The molecule has 2 aromatic heterocycles. The second-order valence-electron chi connectivity index (χ2n) is 14.0. The van der Waals surface area contributed by atoms with E-state index in [1.54, 1.807) is 45.5 Å². The molecule has 0 saturated heterocycles. The summed E-state index contributed by atoms with van der Waals surface area (Å²) >= 11 is 1.17. The van der Waals surface area contributed by atoms with Gasteiger partial charge in [-0.25, -0.2) is 25.1 Å². The van der Waals surface area contributed by atoms with Crippen molar-refractivity contribution in [2.45, 2.75) is 143 Å². The van der Waals surface area contributed by atoms with E-state index >= 15 is 0 Å². The van der Waals surface area contributed by atoms with Crippen LogP contribution < -0.4 is 15.5 Å². The third-order valence-corrected chi connectivity index (χ3v) is 11.2.